The largest absolute Gasteiger partial charge is 0.393 e. The average molecular weight is 462 g/mol. The van der Waals surface area contributed by atoms with E-state index < -0.39 is 0 Å². The van der Waals surface area contributed by atoms with Gasteiger partial charge in [-0.25, -0.2) is 4.98 Å². The van der Waals surface area contributed by atoms with Crippen LogP contribution in [0.3, 0.4) is 0 Å². The highest BCUT2D eigenvalue weighted by atomic mass is 32.1. The second-order valence-corrected chi connectivity index (χ2v) is 11.3. The minimum Gasteiger partial charge on any atom is -0.393 e. The first-order chi connectivity index (χ1) is 15.5. The summed E-state index contributed by atoms with van der Waals surface area (Å²) in [5, 5.41) is 13.3. The second kappa shape index (κ2) is 10.1. The predicted molar refractivity (Wildman–Crippen MR) is 142 cm³/mol. The van der Waals surface area contributed by atoms with E-state index >= 15 is 0 Å². The number of hydrogen-bond donors (Lipinski definition) is 1. The molecular formula is C30H39NOS. The van der Waals surface area contributed by atoms with Crippen LogP contribution < -0.4 is 0 Å². The number of aromatic nitrogens is 1. The van der Waals surface area contributed by atoms with Crippen molar-refractivity contribution in [1.82, 2.24) is 4.98 Å². The van der Waals surface area contributed by atoms with E-state index in [4.69, 9.17) is 6.92 Å². The van der Waals surface area contributed by atoms with E-state index in [-0.39, 0.29) is 16.9 Å². The zero-order valence-electron chi connectivity index (χ0n) is 21.3. The van der Waals surface area contributed by atoms with Gasteiger partial charge in [-0.2, -0.15) is 0 Å². The Labute approximate surface area is 205 Å². The third-order valence-corrected chi connectivity index (χ3v) is 8.21. The van der Waals surface area contributed by atoms with Crippen LogP contribution in [0, 0.1) is 26.2 Å². The number of hydrogen-bond acceptors (Lipinski definition) is 3. The lowest BCUT2D eigenvalue weighted by Crippen LogP contribution is -2.27. The van der Waals surface area contributed by atoms with Gasteiger partial charge in [0.1, 0.15) is 5.01 Å². The molecule has 0 amide bonds. The van der Waals surface area contributed by atoms with Crippen molar-refractivity contribution in [2.45, 2.75) is 85.7 Å². The Balaban J connectivity index is 1.93. The maximum atomic E-state index is 10.5. The van der Waals surface area contributed by atoms with Gasteiger partial charge in [-0.05, 0) is 72.8 Å². The fourth-order valence-electron chi connectivity index (χ4n) is 4.84. The third kappa shape index (κ3) is 5.41. The molecule has 1 atom stereocenters. The van der Waals surface area contributed by atoms with Gasteiger partial charge in [0.15, 0.2) is 0 Å². The number of rotatable bonds is 8. The van der Waals surface area contributed by atoms with Crippen molar-refractivity contribution in [2.75, 3.05) is 0 Å². The van der Waals surface area contributed by atoms with Gasteiger partial charge in [-0.15, -0.1) is 11.3 Å². The summed E-state index contributed by atoms with van der Waals surface area (Å²) in [7, 11) is 0. The highest BCUT2D eigenvalue weighted by Gasteiger charge is 2.31. The summed E-state index contributed by atoms with van der Waals surface area (Å²) in [6.45, 7) is 21.1. The van der Waals surface area contributed by atoms with Crippen LogP contribution in [0.4, 0.5) is 0 Å². The molecular weight excluding hydrogens is 422 g/mol. The van der Waals surface area contributed by atoms with Gasteiger partial charge in [0.2, 0.25) is 0 Å². The van der Waals surface area contributed by atoms with Gasteiger partial charge in [-0.1, -0.05) is 71.0 Å². The molecule has 3 aromatic rings. The van der Waals surface area contributed by atoms with Crippen molar-refractivity contribution in [1.29, 1.82) is 0 Å². The topological polar surface area (TPSA) is 33.1 Å². The van der Waals surface area contributed by atoms with Crippen LogP contribution in [0.25, 0.3) is 10.6 Å². The number of aryl methyl sites for hydroxylation is 3. The molecule has 0 bridgehead atoms. The molecule has 0 aliphatic heterocycles. The van der Waals surface area contributed by atoms with Crippen molar-refractivity contribution in [3.8, 4) is 10.6 Å². The van der Waals surface area contributed by atoms with Crippen molar-refractivity contribution in [3.05, 3.63) is 82.2 Å². The Hall–Kier alpha value is -1.97. The zero-order chi connectivity index (χ0) is 24.4. The Morgan fingerprint density at radius 2 is 1.58 bits per heavy atom. The fraction of sp³-hybridized carbons (Fsp3) is 0.467. The van der Waals surface area contributed by atoms with Crippen molar-refractivity contribution in [3.63, 3.8) is 0 Å². The Morgan fingerprint density at radius 1 is 0.970 bits per heavy atom. The minimum atomic E-state index is -0.295. The molecule has 0 aliphatic rings. The Bertz CT molecular complexity index is 1080. The molecule has 2 aromatic carbocycles. The summed E-state index contributed by atoms with van der Waals surface area (Å²) in [6, 6.07) is 13.8. The van der Waals surface area contributed by atoms with E-state index in [1.807, 2.05) is 5.38 Å². The Morgan fingerprint density at radius 3 is 2.06 bits per heavy atom. The molecule has 2 radical (unpaired) electrons. The lowest BCUT2D eigenvalue weighted by atomic mass is 9.69. The SMILES string of the molecule is [CH]c1csc(-c2ccc(C(CC)(CC)c3ccc(CCC(O)C(C)(C)C)c(C)c3)cc2C)n1. The number of benzene rings is 2. The quantitative estimate of drug-likeness (QED) is 0.369. The smallest absolute Gasteiger partial charge is 0.123 e. The number of aliphatic hydroxyl groups is 1. The molecule has 0 aliphatic carbocycles. The molecule has 0 spiro atoms. The van der Waals surface area contributed by atoms with E-state index in [2.05, 4.69) is 89.8 Å². The molecule has 0 saturated carbocycles. The number of thiazole rings is 1. The van der Waals surface area contributed by atoms with Gasteiger partial charge in [0, 0.05) is 23.3 Å². The van der Waals surface area contributed by atoms with Crippen LogP contribution in [0.15, 0.2) is 41.8 Å². The van der Waals surface area contributed by atoms with E-state index in [0.29, 0.717) is 5.69 Å². The monoisotopic (exact) mass is 461 g/mol. The highest BCUT2D eigenvalue weighted by molar-refractivity contribution is 7.13. The first-order valence-electron chi connectivity index (χ1n) is 12.1. The normalized spacial score (nSPS) is 13.4. The van der Waals surface area contributed by atoms with E-state index in [0.717, 1.165) is 36.3 Å². The molecule has 1 heterocycles. The molecule has 2 nitrogen and oxygen atoms in total. The lowest BCUT2D eigenvalue weighted by Gasteiger charge is -2.34. The van der Waals surface area contributed by atoms with Gasteiger partial charge >= 0.3 is 0 Å². The van der Waals surface area contributed by atoms with E-state index in [1.54, 1.807) is 11.3 Å². The van der Waals surface area contributed by atoms with Gasteiger partial charge < -0.3 is 5.11 Å². The van der Waals surface area contributed by atoms with Crippen LogP contribution in [0.5, 0.6) is 0 Å². The number of nitrogens with zero attached hydrogens (tertiary/aromatic N) is 1. The molecule has 0 fully saturated rings. The van der Waals surface area contributed by atoms with Gasteiger partial charge in [0.25, 0.3) is 0 Å². The molecule has 3 rings (SSSR count). The van der Waals surface area contributed by atoms with Crippen LogP contribution >= 0.6 is 11.3 Å². The van der Waals surface area contributed by atoms with Crippen molar-refractivity contribution in [2.24, 2.45) is 5.41 Å². The minimum absolute atomic E-state index is 0.0284. The lowest BCUT2D eigenvalue weighted by molar-refractivity contribution is 0.0560. The van der Waals surface area contributed by atoms with E-state index in [1.165, 1.54) is 27.8 Å². The summed E-state index contributed by atoms with van der Waals surface area (Å²) < 4.78 is 0. The summed E-state index contributed by atoms with van der Waals surface area (Å²) in [4.78, 5) is 4.48. The van der Waals surface area contributed by atoms with Gasteiger partial charge in [0.05, 0.1) is 11.8 Å². The van der Waals surface area contributed by atoms with Crippen LogP contribution in [-0.2, 0) is 11.8 Å². The highest BCUT2D eigenvalue weighted by Crippen LogP contribution is 2.41. The van der Waals surface area contributed by atoms with Crippen LogP contribution in [0.1, 0.15) is 87.4 Å². The standard InChI is InChI=1S/C30H39NOS/c1-9-30(10-2,25-14-15-26(21(4)18-25)28-31-22(5)19-33-28)24-13-11-23(20(3)17-24)12-16-27(32)29(6,7)8/h5,11,13-15,17-19,27,32H,9-10,12,16H2,1-4,6-8H3. The molecule has 1 N–H and O–H groups in total. The zero-order valence-corrected chi connectivity index (χ0v) is 22.1. The summed E-state index contributed by atoms with van der Waals surface area (Å²) >= 11 is 1.60. The third-order valence-electron chi connectivity index (χ3n) is 7.32. The second-order valence-electron chi connectivity index (χ2n) is 10.5. The van der Waals surface area contributed by atoms with E-state index in [9.17, 15) is 5.11 Å². The fourth-order valence-corrected chi connectivity index (χ4v) is 5.64. The Kier molecular flexibility index (Phi) is 7.86. The average Bonchev–Trinajstić information content (AvgIpc) is 3.19. The predicted octanol–water partition coefficient (Wildman–Crippen LogP) is 7.93. The molecule has 1 aromatic heterocycles. The first-order valence-corrected chi connectivity index (χ1v) is 13.0. The van der Waals surface area contributed by atoms with Crippen LogP contribution in [0.2, 0.25) is 0 Å². The maximum absolute atomic E-state index is 10.5. The summed E-state index contributed by atoms with van der Waals surface area (Å²) in [5.74, 6) is 0. The van der Waals surface area contributed by atoms with Crippen molar-refractivity contribution < 1.29 is 5.11 Å². The summed E-state index contributed by atoms with van der Waals surface area (Å²) in [6.07, 6.45) is 3.47. The van der Waals surface area contributed by atoms with Crippen molar-refractivity contribution >= 4 is 11.3 Å². The molecule has 1 unspecified atom stereocenters. The number of aliphatic hydroxyl groups excluding tert-OH is 1. The molecule has 176 valence electrons. The first kappa shape index (κ1) is 25.6. The molecule has 0 saturated heterocycles. The van der Waals surface area contributed by atoms with Crippen LogP contribution in [-0.4, -0.2) is 16.2 Å². The molecule has 33 heavy (non-hydrogen) atoms. The summed E-state index contributed by atoms with van der Waals surface area (Å²) in [5.41, 5.74) is 8.23. The molecule has 3 heteroatoms. The van der Waals surface area contributed by atoms with Gasteiger partial charge in [-0.3, -0.25) is 0 Å². The maximum Gasteiger partial charge on any atom is 0.123 e.